The molecule has 4 nitrogen and oxygen atoms in total. The van der Waals surface area contributed by atoms with Crippen LogP contribution in [-0.4, -0.2) is 36.5 Å². The molecule has 1 fully saturated rings. The highest BCUT2D eigenvalue weighted by molar-refractivity contribution is 5.98. The third kappa shape index (κ3) is 4.48. The smallest absolute Gasteiger partial charge is 0.255 e. The first-order chi connectivity index (χ1) is 13.9. The van der Waals surface area contributed by atoms with Crippen LogP contribution in [0.2, 0.25) is 0 Å². The van der Waals surface area contributed by atoms with Gasteiger partial charge in [-0.3, -0.25) is 9.69 Å². The Morgan fingerprint density at radius 2 is 1.83 bits per heavy atom. The van der Waals surface area contributed by atoms with E-state index in [0.29, 0.717) is 11.3 Å². The van der Waals surface area contributed by atoms with Crippen LogP contribution < -0.4 is 10.1 Å². The van der Waals surface area contributed by atoms with Crippen molar-refractivity contribution in [3.8, 4) is 5.75 Å². The van der Waals surface area contributed by atoms with E-state index in [4.69, 9.17) is 4.74 Å². The monoisotopic (exact) mass is 394 g/mol. The van der Waals surface area contributed by atoms with Gasteiger partial charge in [0.05, 0.1) is 18.7 Å². The number of hydrogen-bond acceptors (Lipinski definition) is 3. The van der Waals surface area contributed by atoms with Gasteiger partial charge in [0.2, 0.25) is 0 Å². The topological polar surface area (TPSA) is 41.6 Å². The molecule has 0 spiro atoms. The molecule has 1 unspecified atom stereocenters. The molecular weight excluding hydrogens is 360 g/mol. The third-order valence-corrected chi connectivity index (χ3v) is 6.23. The van der Waals surface area contributed by atoms with Crippen molar-refractivity contribution in [2.45, 2.75) is 58.5 Å². The van der Waals surface area contributed by atoms with Gasteiger partial charge in [-0.05, 0) is 75.9 Å². The fraction of sp³-hybridized carbons (Fsp3) is 0.480. The molecule has 0 aromatic heterocycles. The number of aryl methyl sites for hydroxylation is 2. The summed E-state index contributed by atoms with van der Waals surface area (Å²) in [6, 6.07) is 14.2. The second-order valence-electron chi connectivity index (χ2n) is 8.51. The number of rotatable bonds is 7. The first-order valence-corrected chi connectivity index (χ1v) is 10.7. The third-order valence-electron chi connectivity index (χ3n) is 6.23. The standard InChI is InChI=1S/C25H34N2O2/c1-6-19-16-18(2)22(29-5)21(17-19)24(28)26-23(20-12-8-7-9-13-20)25(3,4)27-14-10-11-15-27/h7-9,12-13,16-17,23H,6,10-11,14-15H2,1-5H3,(H,26,28). The van der Waals surface area contributed by atoms with Gasteiger partial charge >= 0.3 is 0 Å². The van der Waals surface area contributed by atoms with Gasteiger partial charge in [-0.25, -0.2) is 0 Å². The van der Waals surface area contributed by atoms with Crippen LogP contribution in [0.5, 0.6) is 5.75 Å². The Bertz CT molecular complexity index is 839. The summed E-state index contributed by atoms with van der Waals surface area (Å²) in [6.07, 6.45) is 3.31. The zero-order valence-corrected chi connectivity index (χ0v) is 18.4. The van der Waals surface area contributed by atoms with Crippen molar-refractivity contribution in [2.24, 2.45) is 0 Å². The van der Waals surface area contributed by atoms with Crippen LogP contribution in [0.3, 0.4) is 0 Å². The molecule has 0 saturated carbocycles. The van der Waals surface area contributed by atoms with Crippen molar-refractivity contribution in [1.29, 1.82) is 0 Å². The van der Waals surface area contributed by atoms with Gasteiger partial charge in [0.15, 0.2) is 0 Å². The zero-order valence-electron chi connectivity index (χ0n) is 18.4. The van der Waals surface area contributed by atoms with Gasteiger partial charge < -0.3 is 10.1 Å². The van der Waals surface area contributed by atoms with Crippen LogP contribution >= 0.6 is 0 Å². The first kappa shape index (κ1) is 21.4. The minimum Gasteiger partial charge on any atom is -0.496 e. The minimum absolute atomic E-state index is 0.0821. The Labute approximate surface area is 175 Å². The van der Waals surface area contributed by atoms with Gasteiger partial charge in [-0.2, -0.15) is 0 Å². The lowest BCUT2D eigenvalue weighted by Crippen LogP contribution is -2.52. The van der Waals surface area contributed by atoms with Crippen LogP contribution in [-0.2, 0) is 6.42 Å². The van der Waals surface area contributed by atoms with Crippen molar-refractivity contribution in [1.82, 2.24) is 10.2 Å². The van der Waals surface area contributed by atoms with Crippen LogP contribution in [0, 0.1) is 6.92 Å². The molecule has 2 aromatic rings. The molecule has 0 radical (unpaired) electrons. The van der Waals surface area contributed by atoms with Crippen molar-refractivity contribution in [3.63, 3.8) is 0 Å². The molecule has 29 heavy (non-hydrogen) atoms. The fourth-order valence-electron chi connectivity index (χ4n) is 4.49. The maximum absolute atomic E-state index is 13.5. The number of amides is 1. The fourth-order valence-corrected chi connectivity index (χ4v) is 4.49. The molecule has 1 aliphatic heterocycles. The van der Waals surface area contributed by atoms with E-state index in [1.165, 1.54) is 12.8 Å². The van der Waals surface area contributed by atoms with E-state index in [1.54, 1.807) is 7.11 Å². The largest absolute Gasteiger partial charge is 0.496 e. The summed E-state index contributed by atoms with van der Waals surface area (Å²) in [4.78, 5) is 16.0. The lowest BCUT2D eigenvalue weighted by atomic mass is 9.86. The average molecular weight is 395 g/mol. The predicted molar refractivity (Wildman–Crippen MR) is 119 cm³/mol. The van der Waals surface area contributed by atoms with Gasteiger partial charge in [0.1, 0.15) is 5.75 Å². The molecule has 2 aromatic carbocycles. The molecule has 1 atom stereocenters. The highest BCUT2D eigenvalue weighted by Gasteiger charge is 2.39. The number of likely N-dealkylation sites (tertiary alicyclic amines) is 1. The molecule has 1 saturated heterocycles. The number of hydrogen-bond donors (Lipinski definition) is 1. The summed E-state index contributed by atoms with van der Waals surface area (Å²) < 4.78 is 5.60. The lowest BCUT2D eigenvalue weighted by Gasteiger charge is -2.42. The molecule has 0 bridgehead atoms. The molecule has 156 valence electrons. The molecule has 0 aliphatic carbocycles. The van der Waals surface area contributed by atoms with Gasteiger partial charge in [0.25, 0.3) is 5.91 Å². The van der Waals surface area contributed by atoms with E-state index < -0.39 is 0 Å². The quantitative estimate of drug-likeness (QED) is 0.725. The van der Waals surface area contributed by atoms with Gasteiger partial charge in [-0.1, -0.05) is 43.3 Å². The maximum atomic E-state index is 13.5. The van der Waals surface area contributed by atoms with E-state index in [-0.39, 0.29) is 17.5 Å². The Balaban J connectivity index is 1.98. The summed E-state index contributed by atoms with van der Waals surface area (Å²) in [5, 5.41) is 3.36. The molecule has 4 heteroatoms. The number of nitrogens with zero attached hydrogens (tertiary/aromatic N) is 1. The number of ether oxygens (including phenoxy) is 1. The predicted octanol–water partition coefficient (Wildman–Crippen LogP) is 4.91. The number of carbonyl (C=O) groups excluding carboxylic acids is 1. The Morgan fingerprint density at radius 3 is 2.41 bits per heavy atom. The van der Waals surface area contributed by atoms with Gasteiger partial charge in [-0.15, -0.1) is 0 Å². The van der Waals surface area contributed by atoms with Crippen LogP contribution in [0.4, 0.5) is 0 Å². The van der Waals surface area contributed by atoms with Crippen LogP contribution in [0.25, 0.3) is 0 Å². The van der Waals surface area contributed by atoms with E-state index in [9.17, 15) is 4.79 Å². The van der Waals surface area contributed by atoms with E-state index in [0.717, 1.165) is 36.2 Å². The van der Waals surface area contributed by atoms with E-state index in [2.05, 4.69) is 49.2 Å². The molecule has 1 amide bonds. The van der Waals surface area contributed by atoms with Crippen LogP contribution in [0.1, 0.15) is 66.7 Å². The van der Waals surface area contributed by atoms with Crippen molar-refractivity contribution in [2.75, 3.05) is 20.2 Å². The minimum atomic E-state index is -0.196. The summed E-state index contributed by atoms with van der Waals surface area (Å²) >= 11 is 0. The Morgan fingerprint density at radius 1 is 1.17 bits per heavy atom. The van der Waals surface area contributed by atoms with E-state index in [1.807, 2.05) is 31.2 Å². The summed E-state index contributed by atoms with van der Waals surface area (Å²) in [5.41, 5.74) is 3.68. The van der Waals surface area contributed by atoms with Crippen molar-refractivity contribution < 1.29 is 9.53 Å². The number of carbonyl (C=O) groups is 1. The zero-order chi connectivity index (χ0) is 21.0. The second-order valence-corrected chi connectivity index (χ2v) is 8.51. The second kappa shape index (κ2) is 9.00. The molecule has 1 N–H and O–H groups in total. The number of nitrogens with one attached hydrogen (secondary N) is 1. The molecular formula is C25H34N2O2. The summed E-state index contributed by atoms with van der Waals surface area (Å²) in [7, 11) is 1.63. The number of methoxy groups -OCH3 is 1. The molecule has 1 aliphatic rings. The Hall–Kier alpha value is -2.33. The SMILES string of the molecule is CCc1cc(C)c(OC)c(C(=O)NC(c2ccccc2)C(C)(C)N2CCCC2)c1. The Kier molecular flexibility index (Phi) is 6.63. The first-order valence-electron chi connectivity index (χ1n) is 10.7. The van der Waals surface area contributed by atoms with E-state index >= 15 is 0 Å². The highest BCUT2D eigenvalue weighted by Crippen LogP contribution is 2.35. The molecule has 3 rings (SSSR count). The highest BCUT2D eigenvalue weighted by atomic mass is 16.5. The van der Waals surface area contributed by atoms with Gasteiger partial charge in [0, 0.05) is 5.54 Å². The summed E-state index contributed by atoms with van der Waals surface area (Å²) in [6.45, 7) is 10.7. The summed E-state index contributed by atoms with van der Waals surface area (Å²) in [5.74, 6) is 0.576. The number of benzene rings is 2. The average Bonchev–Trinajstić information content (AvgIpc) is 3.27. The van der Waals surface area contributed by atoms with Crippen molar-refractivity contribution >= 4 is 5.91 Å². The normalized spacial score (nSPS) is 15.9. The lowest BCUT2D eigenvalue weighted by molar-refractivity contribution is 0.0776. The van der Waals surface area contributed by atoms with Crippen molar-refractivity contribution in [3.05, 3.63) is 64.7 Å². The maximum Gasteiger partial charge on any atom is 0.255 e. The molecule has 1 heterocycles. The van der Waals surface area contributed by atoms with Crippen LogP contribution in [0.15, 0.2) is 42.5 Å².